The zero-order valence-corrected chi connectivity index (χ0v) is 12.1. The molecule has 3 N–H and O–H groups in total. The first-order chi connectivity index (χ1) is 9.71. The van der Waals surface area contributed by atoms with E-state index in [0.29, 0.717) is 18.2 Å². The van der Waals surface area contributed by atoms with Crippen LogP contribution in [0.5, 0.6) is 0 Å². The molecule has 1 aliphatic heterocycles. The Hall–Kier alpha value is -1.47. The quantitative estimate of drug-likeness (QED) is 0.739. The highest BCUT2D eigenvalue weighted by Crippen LogP contribution is 2.15. The molecule has 0 unspecified atom stereocenters. The van der Waals surface area contributed by atoms with Crippen LogP contribution < -0.4 is 11.1 Å². The Morgan fingerprint density at radius 1 is 1.50 bits per heavy atom. The van der Waals surface area contributed by atoms with Crippen molar-refractivity contribution in [3.63, 3.8) is 0 Å². The highest BCUT2D eigenvalue weighted by molar-refractivity contribution is 5.75. The first-order valence-corrected chi connectivity index (χ1v) is 7.29. The van der Waals surface area contributed by atoms with Crippen LogP contribution >= 0.6 is 0 Å². The van der Waals surface area contributed by atoms with Gasteiger partial charge in [-0.15, -0.1) is 5.10 Å². The molecular weight excluding hydrogens is 256 g/mol. The van der Waals surface area contributed by atoms with E-state index in [1.165, 1.54) is 4.68 Å². The fourth-order valence-corrected chi connectivity index (χ4v) is 2.48. The van der Waals surface area contributed by atoms with Crippen LogP contribution in [0, 0.1) is 5.92 Å². The smallest absolute Gasteiger partial charge is 0.241 e. The number of amides is 1. The van der Waals surface area contributed by atoms with Gasteiger partial charge < -0.3 is 16.0 Å². The molecule has 112 valence electrons. The molecule has 1 saturated heterocycles. The van der Waals surface area contributed by atoms with E-state index in [9.17, 15) is 4.79 Å². The van der Waals surface area contributed by atoms with E-state index < -0.39 is 0 Å². The normalized spacial score (nSPS) is 17.3. The SMILES string of the molecule is CCN1CCC(CNC(=O)Cn2cc(CN)nn2)CC1. The average molecular weight is 280 g/mol. The lowest BCUT2D eigenvalue weighted by molar-refractivity contribution is -0.122. The summed E-state index contributed by atoms with van der Waals surface area (Å²) >= 11 is 0. The van der Waals surface area contributed by atoms with E-state index in [2.05, 4.69) is 27.5 Å². The Labute approximate surface area is 119 Å². The van der Waals surface area contributed by atoms with E-state index in [0.717, 1.165) is 39.0 Å². The predicted octanol–water partition coefficient (Wildman–Crippen LogP) is -0.415. The van der Waals surface area contributed by atoms with Crippen molar-refractivity contribution in [3.8, 4) is 0 Å². The highest BCUT2D eigenvalue weighted by Gasteiger charge is 2.18. The van der Waals surface area contributed by atoms with Crippen molar-refractivity contribution in [1.29, 1.82) is 0 Å². The molecule has 0 aliphatic carbocycles. The van der Waals surface area contributed by atoms with Gasteiger partial charge in [-0.3, -0.25) is 4.79 Å². The van der Waals surface area contributed by atoms with Gasteiger partial charge in [-0.1, -0.05) is 12.1 Å². The van der Waals surface area contributed by atoms with Crippen molar-refractivity contribution in [1.82, 2.24) is 25.2 Å². The van der Waals surface area contributed by atoms with E-state index in [1.54, 1.807) is 6.20 Å². The van der Waals surface area contributed by atoms with Gasteiger partial charge >= 0.3 is 0 Å². The molecule has 2 heterocycles. The second-order valence-corrected chi connectivity index (χ2v) is 5.29. The molecule has 0 atom stereocenters. The average Bonchev–Trinajstić information content (AvgIpc) is 2.93. The van der Waals surface area contributed by atoms with Crippen molar-refractivity contribution in [2.75, 3.05) is 26.2 Å². The lowest BCUT2D eigenvalue weighted by atomic mass is 9.97. The molecule has 1 aromatic heterocycles. The van der Waals surface area contributed by atoms with E-state index >= 15 is 0 Å². The number of nitrogens with zero attached hydrogens (tertiary/aromatic N) is 4. The Balaban J connectivity index is 1.67. The highest BCUT2D eigenvalue weighted by atomic mass is 16.2. The number of carbonyl (C=O) groups excluding carboxylic acids is 1. The molecule has 1 amide bonds. The lowest BCUT2D eigenvalue weighted by Crippen LogP contribution is -2.39. The van der Waals surface area contributed by atoms with Crippen LogP contribution in [0.25, 0.3) is 0 Å². The maximum atomic E-state index is 11.8. The van der Waals surface area contributed by atoms with Gasteiger partial charge in [0.25, 0.3) is 0 Å². The fourth-order valence-electron chi connectivity index (χ4n) is 2.48. The van der Waals surface area contributed by atoms with Crippen molar-refractivity contribution in [2.24, 2.45) is 11.7 Å². The number of nitrogens with one attached hydrogen (secondary N) is 1. The Morgan fingerprint density at radius 3 is 2.85 bits per heavy atom. The van der Waals surface area contributed by atoms with Crippen LogP contribution in [0.3, 0.4) is 0 Å². The summed E-state index contributed by atoms with van der Waals surface area (Å²) in [7, 11) is 0. The minimum absolute atomic E-state index is 0.0172. The largest absolute Gasteiger partial charge is 0.354 e. The number of carbonyl (C=O) groups is 1. The summed E-state index contributed by atoms with van der Waals surface area (Å²) in [5, 5.41) is 10.7. The minimum Gasteiger partial charge on any atom is -0.354 e. The van der Waals surface area contributed by atoms with Gasteiger partial charge in [0.05, 0.1) is 11.9 Å². The van der Waals surface area contributed by atoms with Gasteiger partial charge in [0.1, 0.15) is 6.54 Å². The number of hydrogen-bond donors (Lipinski definition) is 2. The molecule has 1 aromatic rings. The Bertz CT molecular complexity index is 424. The maximum absolute atomic E-state index is 11.8. The van der Waals surface area contributed by atoms with Crippen molar-refractivity contribution in [2.45, 2.75) is 32.9 Å². The number of piperidine rings is 1. The van der Waals surface area contributed by atoms with Crippen molar-refractivity contribution in [3.05, 3.63) is 11.9 Å². The Morgan fingerprint density at radius 2 is 2.25 bits per heavy atom. The molecule has 7 heteroatoms. The van der Waals surface area contributed by atoms with Gasteiger partial charge in [-0.25, -0.2) is 4.68 Å². The van der Waals surface area contributed by atoms with Crippen molar-refractivity contribution >= 4 is 5.91 Å². The summed E-state index contributed by atoms with van der Waals surface area (Å²) in [6, 6.07) is 0. The molecule has 7 nitrogen and oxygen atoms in total. The molecule has 1 fully saturated rings. The van der Waals surface area contributed by atoms with Gasteiger partial charge in [0, 0.05) is 13.1 Å². The summed E-state index contributed by atoms with van der Waals surface area (Å²) in [4.78, 5) is 14.3. The third-order valence-corrected chi connectivity index (χ3v) is 3.84. The summed E-state index contributed by atoms with van der Waals surface area (Å²) in [6.07, 6.45) is 4.03. The third kappa shape index (κ3) is 4.28. The second kappa shape index (κ2) is 7.35. The predicted molar refractivity (Wildman–Crippen MR) is 75.8 cm³/mol. The van der Waals surface area contributed by atoms with Gasteiger partial charge in [0.15, 0.2) is 0 Å². The molecular formula is C13H24N6O. The van der Waals surface area contributed by atoms with Crippen LogP contribution in [-0.4, -0.2) is 52.0 Å². The number of rotatable bonds is 6. The minimum atomic E-state index is -0.0172. The van der Waals surface area contributed by atoms with Crippen LogP contribution in [0.2, 0.25) is 0 Å². The van der Waals surface area contributed by atoms with E-state index in [4.69, 9.17) is 5.73 Å². The zero-order chi connectivity index (χ0) is 14.4. The maximum Gasteiger partial charge on any atom is 0.241 e. The molecule has 0 aromatic carbocycles. The van der Waals surface area contributed by atoms with Gasteiger partial charge in [-0.2, -0.15) is 0 Å². The molecule has 0 bridgehead atoms. The van der Waals surface area contributed by atoms with E-state index in [1.807, 2.05) is 0 Å². The third-order valence-electron chi connectivity index (χ3n) is 3.84. The first kappa shape index (κ1) is 14.9. The summed E-state index contributed by atoms with van der Waals surface area (Å²) in [5.41, 5.74) is 6.15. The van der Waals surface area contributed by atoms with Crippen LogP contribution in [0.4, 0.5) is 0 Å². The molecule has 0 radical (unpaired) electrons. The zero-order valence-electron chi connectivity index (χ0n) is 12.1. The molecule has 0 saturated carbocycles. The number of nitrogens with two attached hydrogens (primary N) is 1. The fraction of sp³-hybridized carbons (Fsp3) is 0.769. The molecule has 2 rings (SSSR count). The number of likely N-dealkylation sites (tertiary alicyclic amines) is 1. The summed E-state index contributed by atoms with van der Waals surface area (Å²) in [6.45, 7) is 6.90. The van der Waals surface area contributed by atoms with Gasteiger partial charge in [0.2, 0.25) is 5.91 Å². The molecule has 1 aliphatic rings. The number of aromatic nitrogens is 3. The lowest BCUT2D eigenvalue weighted by Gasteiger charge is -2.31. The van der Waals surface area contributed by atoms with Gasteiger partial charge in [-0.05, 0) is 38.4 Å². The van der Waals surface area contributed by atoms with Crippen LogP contribution in [0.15, 0.2) is 6.20 Å². The second-order valence-electron chi connectivity index (χ2n) is 5.29. The van der Waals surface area contributed by atoms with Crippen LogP contribution in [0.1, 0.15) is 25.5 Å². The summed E-state index contributed by atoms with van der Waals surface area (Å²) in [5.74, 6) is 0.577. The first-order valence-electron chi connectivity index (χ1n) is 7.29. The van der Waals surface area contributed by atoms with E-state index in [-0.39, 0.29) is 12.5 Å². The number of hydrogen-bond acceptors (Lipinski definition) is 5. The summed E-state index contributed by atoms with van der Waals surface area (Å²) < 4.78 is 1.53. The molecule has 20 heavy (non-hydrogen) atoms. The molecule has 0 spiro atoms. The topological polar surface area (TPSA) is 89.1 Å². The van der Waals surface area contributed by atoms with Crippen LogP contribution in [-0.2, 0) is 17.9 Å². The van der Waals surface area contributed by atoms with Crippen molar-refractivity contribution < 1.29 is 4.79 Å². The monoisotopic (exact) mass is 280 g/mol. The Kier molecular flexibility index (Phi) is 5.49. The standard InChI is InChI=1S/C13H24N6O/c1-2-18-5-3-11(4-6-18)8-15-13(20)10-19-9-12(7-14)16-17-19/h9,11H,2-8,10,14H2,1H3,(H,15,20).